The largest absolute Gasteiger partial charge is 0.450 e. The highest BCUT2D eigenvalue weighted by Crippen LogP contribution is 2.29. The first-order chi connectivity index (χ1) is 11.5. The SMILES string of the molecule is CCOC(=O)N1CCC(NC(=O)CNc2cccc(Cl)c2Cl)CC1. The molecule has 1 aromatic carbocycles. The highest BCUT2D eigenvalue weighted by atomic mass is 35.5. The van der Waals surface area contributed by atoms with E-state index >= 15 is 0 Å². The summed E-state index contributed by atoms with van der Waals surface area (Å²) < 4.78 is 4.97. The van der Waals surface area contributed by atoms with Gasteiger partial charge in [-0.25, -0.2) is 4.79 Å². The summed E-state index contributed by atoms with van der Waals surface area (Å²) in [4.78, 5) is 25.3. The molecule has 1 saturated heterocycles. The third kappa shape index (κ3) is 5.18. The van der Waals surface area contributed by atoms with Crippen LogP contribution in [0.2, 0.25) is 10.0 Å². The zero-order chi connectivity index (χ0) is 17.5. The van der Waals surface area contributed by atoms with Crippen LogP contribution in [0.1, 0.15) is 19.8 Å². The fraction of sp³-hybridized carbons (Fsp3) is 0.500. The second kappa shape index (κ2) is 8.99. The lowest BCUT2D eigenvalue weighted by Crippen LogP contribution is -2.47. The molecule has 1 aliphatic rings. The average Bonchev–Trinajstić information content (AvgIpc) is 2.57. The van der Waals surface area contributed by atoms with Crippen molar-refractivity contribution in [2.24, 2.45) is 0 Å². The van der Waals surface area contributed by atoms with Crippen LogP contribution in [0.5, 0.6) is 0 Å². The van der Waals surface area contributed by atoms with Crippen LogP contribution in [0.4, 0.5) is 10.5 Å². The molecule has 1 fully saturated rings. The fourth-order valence-corrected chi connectivity index (χ4v) is 2.88. The number of halogens is 2. The van der Waals surface area contributed by atoms with E-state index in [-0.39, 0.29) is 24.6 Å². The van der Waals surface area contributed by atoms with Crippen LogP contribution >= 0.6 is 23.2 Å². The van der Waals surface area contributed by atoms with E-state index in [1.54, 1.807) is 30.0 Å². The van der Waals surface area contributed by atoms with Gasteiger partial charge in [0.25, 0.3) is 0 Å². The Morgan fingerprint density at radius 2 is 2.00 bits per heavy atom. The molecule has 0 saturated carbocycles. The van der Waals surface area contributed by atoms with E-state index in [1.165, 1.54) is 0 Å². The monoisotopic (exact) mass is 373 g/mol. The molecule has 0 spiro atoms. The molecule has 132 valence electrons. The smallest absolute Gasteiger partial charge is 0.409 e. The standard InChI is InChI=1S/C16H21Cl2N3O3/c1-2-24-16(23)21-8-6-11(7-9-21)20-14(22)10-19-13-5-3-4-12(17)15(13)18/h3-5,11,19H,2,6-10H2,1H3,(H,20,22). The maximum Gasteiger partial charge on any atom is 0.409 e. The molecule has 8 heteroatoms. The molecule has 0 radical (unpaired) electrons. The Morgan fingerprint density at radius 3 is 2.67 bits per heavy atom. The number of hydrogen-bond acceptors (Lipinski definition) is 4. The number of ether oxygens (including phenoxy) is 1. The normalized spacial score (nSPS) is 15.0. The van der Waals surface area contributed by atoms with Crippen molar-refractivity contribution in [2.45, 2.75) is 25.8 Å². The molecule has 0 atom stereocenters. The predicted octanol–water partition coefficient (Wildman–Crippen LogP) is 3.14. The van der Waals surface area contributed by atoms with Crippen LogP contribution in [0, 0.1) is 0 Å². The van der Waals surface area contributed by atoms with E-state index in [9.17, 15) is 9.59 Å². The van der Waals surface area contributed by atoms with Crippen molar-refractivity contribution < 1.29 is 14.3 Å². The van der Waals surface area contributed by atoms with Gasteiger partial charge in [0.2, 0.25) is 5.91 Å². The maximum absolute atomic E-state index is 12.0. The zero-order valence-corrected chi connectivity index (χ0v) is 15.0. The number of amides is 2. The Hall–Kier alpha value is -1.66. The van der Waals surface area contributed by atoms with Gasteiger partial charge in [-0.05, 0) is 31.9 Å². The van der Waals surface area contributed by atoms with Crippen molar-refractivity contribution in [3.05, 3.63) is 28.2 Å². The van der Waals surface area contributed by atoms with Gasteiger partial charge in [0.05, 0.1) is 28.9 Å². The van der Waals surface area contributed by atoms with E-state index in [1.807, 2.05) is 0 Å². The lowest BCUT2D eigenvalue weighted by molar-refractivity contribution is -0.120. The number of anilines is 1. The average molecular weight is 374 g/mol. The maximum atomic E-state index is 12.0. The molecule has 6 nitrogen and oxygen atoms in total. The molecule has 0 bridgehead atoms. The summed E-state index contributed by atoms with van der Waals surface area (Å²) in [7, 11) is 0. The number of nitrogens with zero attached hydrogens (tertiary/aromatic N) is 1. The first kappa shape index (κ1) is 18.7. The fourth-order valence-electron chi connectivity index (χ4n) is 2.52. The molecule has 0 aliphatic carbocycles. The summed E-state index contributed by atoms with van der Waals surface area (Å²) >= 11 is 12.0. The third-order valence-corrected chi connectivity index (χ3v) is 4.60. The summed E-state index contributed by atoms with van der Waals surface area (Å²) in [6.07, 6.45) is 1.13. The molecule has 0 unspecified atom stereocenters. The molecule has 2 amide bonds. The molecule has 2 rings (SSSR count). The van der Waals surface area contributed by atoms with Gasteiger partial charge < -0.3 is 20.3 Å². The molecule has 24 heavy (non-hydrogen) atoms. The van der Waals surface area contributed by atoms with E-state index < -0.39 is 0 Å². The summed E-state index contributed by atoms with van der Waals surface area (Å²) in [5.74, 6) is -0.124. The summed E-state index contributed by atoms with van der Waals surface area (Å²) in [5.41, 5.74) is 0.622. The number of benzene rings is 1. The lowest BCUT2D eigenvalue weighted by atomic mass is 10.1. The molecule has 2 N–H and O–H groups in total. The van der Waals surface area contributed by atoms with Crippen molar-refractivity contribution >= 4 is 40.9 Å². The van der Waals surface area contributed by atoms with Crippen LogP contribution in [-0.2, 0) is 9.53 Å². The lowest BCUT2D eigenvalue weighted by Gasteiger charge is -2.31. The van der Waals surface area contributed by atoms with Gasteiger partial charge in [0, 0.05) is 19.1 Å². The minimum atomic E-state index is -0.292. The highest BCUT2D eigenvalue weighted by molar-refractivity contribution is 6.43. The second-order valence-corrected chi connectivity index (χ2v) is 6.27. The van der Waals surface area contributed by atoms with Crippen LogP contribution in [0.3, 0.4) is 0 Å². The second-order valence-electron chi connectivity index (χ2n) is 5.48. The predicted molar refractivity (Wildman–Crippen MR) is 94.7 cm³/mol. The Kier molecular flexibility index (Phi) is 6.99. The van der Waals surface area contributed by atoms with E-state index in [0.29, 0.717) is 48.3 Å². The Morgan fingerprint density at radius 1 is 1.29 bits per heavy atom. The van der Waals surface area contributed by atoms with Gasteiger partial charge in [-0.1, -0.05) is 29.3 Å². The Bertz CT molecular complexity index is 590. The minimum absolute atomic E-state index is 0.0554. The van der Waals surface area contributed by atoms with E-state index in [0.717, 1.165) is 0 Å². The van der Waals surface area contributed by atoms with E-state index in [2.05, 4.69) is 10.6 Å². The van der Waals surface area contributed by atoms with Crippen LogP contribution in [0.15, 0.2) is 18.2 Å². The first-order valence-electron chi connectivity index (χ1n) is 7.90. The van der Waals surface area contributed by atoms with Crippen molar-refractivity contribution in [3.63, 3.8) is 0 Å². The van der Waals surface area contributed by atoms with Gasteiger partial charge in [-0.2, -0.15) is 0 Å². The number of carbonyl (C=O) groups is 2. The van der Waals surface area contributed by atoms with E-state index in [4.69, 9.17) is 27.9 Å². The minimum Gasteiger partial charge on any atom is -0.450 e. The number of hydrogen-bond donors (Lipinski definition) is 2. The van der Waals surface area contributed by atoms with Crippen molar-refractivity contribution in [3.8, 4) is 0 Å². The van der Waals surface area contributed by atoms with Crippen molar-refractivity contribution in [1.29, 1.82) is 0 Å². The van der Waals surface area contributed by atoms with Gasteiger partial charge in [0.15, 0.2) is 0 Å². The highest BCUT2D eigenvalue weighted by Gasteiger charge is 2.24. The molecule has 0 aromatic heterocycles. The summed E-state index contributed by atoms with van der Waals surface area (Å²) in [6, 6.07) is 5.27. The number of piperidine rings is 1. The van der Waals surface area contributed by atoms with Gasteiger partial charge in [-0.3, -0.25) is 4.79 Å². The van der Waals surface area contributed by atoms with Crippen LogP contribution < -0.4 is 10.6 Å². The number of nitrogens with one attached hydrogen (secondary N) is 2. The van der Waals surface area contributed by atoms with Gasteiger partial charge in [0.1, 0.15) is 0 Å². The van der Waals surface area contributed by atoms with Crippen LogP contribution in [-0.4, -0.2) is 49.2 Å². The molecular weight excluding hydrogens is 353 g/mol. The Balaban J connectivity index is 1.74. The molecule has 1 aromatic rings. The third-order valence-electron chi connectivity index (χ3n) is 3.78. The topological polar surface area (TPSA) is 70.7 Å². The number of likely N-dealkylation sites (tertiary alicyclic amines) is 1. The quantitative estimate of drug-likeness (QED) is 0.831. The molecule has 1 heterocycles. The van der Waals surface area contributed by atoms with Gasteiger partial charge in [-0.15, -0.1) is 0 Å². The van der Waals surface area contributed by atoms with Crippen molar-refractivity contribution in [1.82, 2.24) is 10.2 Å². The summed E-state index contributed by atoms with van der Waals surface area (Å²) in [6.45, 7) is 3.42. The number of rotatable bonds is 5. The Labute approximate surface area is 151 Å². The molecule has 1 aliphatic heterocycles. The zero-order valence-electron chi connectivity index (χ0n) is 13.5. The summed E-state index contributed by atoms with van der Waals surface area (Å²) in [5, 5.41) is 6.77. The van der Waals surface area contributed by atoms with Crippen molar-refractivity contribution in [2.75, 3.05) is 31.6 Å². The molecular formula is C16H21Cl2N3O3. The van der Waals surface area contributed by atoms with Gasteiger partial charge >= 0.3 is 6.09 Å². The first-order valence-corrected chi connectivity index (χ1v) is 8.65. The number of carbonyl (C=O) groups excluding carboxylic acids is 2. The van der Waals surface area contributed by atoms with Crippen LogP contribution in [0.25, 0.3) is 0 Å².